The minimum Gasteiger partial charge on any atom is -0.457 e. The molecule has 7 aliphatic rings. The van der Waals surface area contributed by atoms with E-state index in [-0.39, 0.29) is 67.0 Å². The van der Waals surface area contributed by atoms with Crippen LogP contribution < -0.4 is 5.32 Å². The van der Waals surface area contributed by atoms with Gasteiger partial charge in [-0.2, -0.15) is 0 Å². The zero-order chi connectivity index (χ0) is 35.4. The molecule has 268 valence electrons. The van der Waals surface area contributed by atoms with E-state index in [4.69, 9.17) is 14.2 Å². The Morgan fingerprint density at radius 2 is 1.34 bits per heavy atom. The maximum atomic E-state index is 13.3. The fourth-order valence-electron chi connectivity index (χ4n) is 9.21. The van der Waals surface area contributed by atoms with Crippen molar-refractivity contribution in [2.45, 2.75) is 84.1 Å². The summed E-state index contributed by atoms with van der Waals surface area (Å²) < 4.78 is 15.0. The lowest BCUT2D eigenvalue weighted by Gasteiger charge is -2.38. The highest BCUT2D eigenvalue weighted by Gasteiger charge is 2.53. The van der Waals surface area contributed by atoms with E-state index in [9.17, 15) is 29.1 Å². The third-order valence-corrected chi connectivity index (χ3v) is 11.9. The second-order valence-corrected chi connectivity index (χ2v) is 15.0. The van der Waals surface area contributed by atoms with Crippen molar-refractivity contribution in [2.75, 3.05) is 45.9 Å². The molecular formula is C37H46N4O9. The molecule has 0 aromatic heterocycles. The van der Waals surface area contributed by atoms with Gasteiger partial charge in [-0.3, -0.25) is 9.59 Å². The maximum Gasteiger partial charge on any atom is 0.338 e. The SMILES string of the molecule is CC1CC2(CCNCC2)C(=O)N1C1=CC(=O)OC1.Cc1c([C@@H](O)CN2CCC3(CC2)CC(C)N(C2=CC(=O)OC2)C3=O)ccc2c1COC2=O. The molecule has 2 unspecified atom stereocenters. The number of hydrogen-bond acceptors (Lipinski definition) is 11. The summed E-state index contributed by atoms with van der Waals surface area (Å²) in [7, 11) is 0. The third kappa shape index (κ3) is 6.02. The van der Waals surface area contributed by atoms with E-state index in [0.29, 0.717) is 17.8 Å². The fourth-order valence-corrected chi connectivity index (χ4v) is 9.21. The Bertz CT molecular complexity index is 1670. The number of piperidine rings is 2. The lowest BCUT2D eigenvalue weighted by Crippen LogP contribution is -2.45. The average Bonchev–Trinajstić information content (AvgIpc) is 3.89. The minimum absolute atomic E-state index is 0.0411. The van der Waals surface area contributed by atoms with Crippen molar-refractivity contribution in [3.8, 4) is 0 Å². The van der Waals surface area contributed by atoms with Crippen LogP contribution in [0.3, 0.4) is 0 Å². The Balaban J connectivity index is 0.000000184. The number of β-amino-alcohol motifs (C(OH)–C–C–N with tert-alkyl or cyclic N) is 1. The molecule has 50 heavy (non-hydrogen) atoms. The average molecular weight is 691 g/mol. The Morgan fingerprint density at radius 1 is 0.800 bits per heavy atom. The molecule has 7 heterocycles. The number of fused-ring (bicyclic) bond motifs is 1. The van der Waals surface area contributed by atoms with Crippen LogP contribution >= 0.6 is 0 Å². The largest absolute Gasteiger partial charge is 0.457 e. The molecule has 1 aromatic carbocycles. The lowest BCUT2D eigenvalue weighted by atomic mass is 9.76. The Labute approximate surface area is 291 Å². The Morgan fingerprint density at radius 3 is 1.86 bits per heavy atom. The van der Waals surface area contributed by atoms with Crippen LogP contribution in [0.15, 0.2) is 35.7 Å². The number of benzene rings is 1. The van der Waals surface area contributed by atoms with Crippen molar-refractivity contribution in [3.63, 3.8) is 0 Å². The van der Waals surface area contributed by atoms with Crippen LogP contribution in [0.1, 0.15) is 85.5 Å². The van der Waals surface area contributed by atoms with Gasteiger partial charge in [0.2, 0.25) is 11.8 Å². The summed E-state index contributed by atoms with van der Waals surface area (Å²) in [5.41, 5.74) is 3.94. The summed E-state index contributed by atoms with van der Waals surface area (Å²) in [6, 6.07) is 3.76. The first-order valence-electron chi connectivity index (χ1n) is 17.7. The van der Waals surface area contributed by atoms with Gasteiger partial charge >= 0.3 is 17.9 Å². The molecule has 1 aromatic rings. The van der Waals surface area contributed by atoms with Crippen molar-refractivity contribution < 1.29 is 43.3 Å². The van der Waals surface area contributed by atoms with Gasteiger partial charge in [-0.05, 0) is 103 Å². The molecule has 3 atom stereocenters. The zero-order valence-electron chi connectivity index (χ0n) is 29.0. The van der Waals surface area contributed by atoms with Crippen LogP contribution in [0, 0.1) is 17.8 Å². The number of nitrogens with zero attached hydrogens (tertiary/aromatic N) is 3. The predicted molar refractivity (Wildman–Crippen MR) is 178 cm³/mol. The van der Waals surface area contributed by atoms with E-state index in [2.05, 4.69) is 17.1 Å². The molecule has 13 heteroatoms. The first-order valence-corrected chi connectivity index (χ1v) is 17.7. The molecule has 2 amide bonds. The number of cyclic esters (lactones) is 3. The van der Waals surface area contributed by atoms with E-state index in [1.54, 1.807) is 15.9 Å². The monoisotopic (exact) mass is 690 g/mol. The summed E-state index contributed by atoms with van der Waals surface area (Å²) in [5.74, 6) is -0.756. The van der Waals surface area contributed by atoms with Crippen molar-refractivity contribution >= 4 is 29.7 Å². The predicted octanol–water partition coefficient (Wildman–Crippen LogP) is 2.26. The van der Waals surface area contributed by atoms with Gasteiger partial charge < -0.3 is 39.3 Å². The van der Waals surface area contributed by atoms with Crippen molar-refractivity contribution in [1.29, 1.82) is 0 Å². The second kappa shape index (κ2) is 13.2. The summed E-state index contributed by atoms with van der Waals surface area (Å²) in [4.78, 5) is 66.1. The molecule has 0 aliphatic carbocycles. The number of ether oxygens (including phenoxy) is 3. The van der Waals surface area contributed by atoms with Gasteiger partial charge in [0.05, 0.1) is 33.9 Å². The molecule has 0 saturated carbocycles. The van der Waals surface area contributed by atoms with Crippen LogP contribution in [0.5, 0.6) is 0 Å². The highest BCUT2D eigenvalue weighted by Crippen LogP contribution is 2.47. The molecular weight excluding hydrogens is 644 g/mol. The number of aliphatic hydroxyl groups is 1. The van der Waals surface area contributed by atoms with Crippen LogP contribution in [0.25, 0.3) is 0 Å². The third-order valence-electron chi connectivity index (χ3n) is 11.9. The van der Waals surface area contributed by atoms with Gasteiger partial charge in [-0.1, -0.05) is 6.07 Å². The summed E-state index contributed by atoms with van der Waals surface area (Å²) in [6.07, 6.45) is 7.12. The molecule has 8 rings (SSSR count). The topological polar surface area (TPSA) is 155 Å². The van der Waals surface area contributed by atoms with Crippen molar-refractivity contribution in [2.24, 2.45) is 10.8 Å². The normalized spacial score (nSPS) is 27.6. The number of amides is 2. The maximum absolute atomic E-state index is 13.3. The Kier molecular flexibility index (Phi) is 9.10. The van der Waals surface area contributed by atoms with Gasteiger partial charge in [0, 0.05) is 36.3 Å². The molecule has 0 bridgehead atoms. The summed E-state index contributed by atoms with van der Waals surface area (Å²) >= 11 is 0. The number of aliphatic hydroxyl groups excluding tert-OH is 1. The van der Waals surface area contributed by atoms with Crippen LogP contribution in [0.4, 0.5) is 0 Å². The molecule has 2 N–H and O–H groups in total. The van der Waals surface area contributed by atoms with Gasteiger partial charge in [0.25, 0.3) is 0 Å². The number of nitrogens with one attached hydrogen (secondary N) is 1. The highest BCUT2D eigenvalue weighted by atomic mass is 16.5. The molecule has 13 nitrogen and oxygen atoms in total. The van der Waals surface area contributed by atoms with E-state index >= 15 is 0 Å². The van der Waals surface area contributed by atoms with Crippen LogP contribution in [-0.4, -0.2) is 108 Å². The number of likely N-dealkylation sites (tertiary alicyclic amines) is 3. The molecule has 7 aliphatic heterocycles. The van der Waals surface area contributed by atoms with E-state index in [1.807, 2.05) is 19.9 Å². The quantitative estimate of drug-likeness (QED) is 0.346. The second-order valence-electron chi connectivity index (χ2n) is 15.0. The molecule has 4 fully saturated rings. The fraction of sp³-hybridized carbons (Fsp3) is 0.595. The lowest BCUT2D eigenvalue weighted by molar-refractivity contribution is -0.139. The highest BCUT2D eigenvalue weighted by molar-refractivity contribution is 5.94. The number of hydrogen-bond donors (Lipinski definition) is 2. The van der Waals surface area contributed by atoms with Gasteiger partial charge in [0.1, 0.15) is 19.8 Å². The van der Waals surface area contributed by atoms with Gasteiger partial charge in [-0.15, -0.1) is 0 Å². The summed E-state index contributed by atoms with van der Waals surface area (Å²) in [6.45, 7) is 10.4. The number of carbonyl (C=O) groups excluding carboxylic acids is 5. The number of rotatable bonds is 5. The summed E-state index contributed by atoms with van der Waals surface area (Å²) in [5, 5.41) is 14.2. The van der Waals surface area contributed by atoms with E-state index in [1.165, 1.54) is 12.2 Å². The number of esters is 3. The van der Waals surface area contributed by atoms with E-state index in [0.717, 1.165) is 87.1 Å². The molecule has 0 radical (unpaired) electrons. The van der Waals surface area contributed by atoms with Crippen molar-refractivity contribution in [1.82, 2.24) is 20.0 Å². The molecule has 4 saturated heterocycles. The van der Waals surface area contributed by atoms with Crippen molar-refractivity contribution in [3.05, 3.63) is 57.9 Å². The number of carbonyl (C=O) groups is 5. The first-order chi connectivity index (χ1) is 23.9. The minimum atomic E-state index is -0.674. The van der Waals surface area contributed by atoms with Crippen LogP contribution in [-0.2, 0) is 40.0 Å². The standard InChI is InChI=1S/C24H28N2O6.C13H18N2O3/c1-14-10-24(23(30)26(14)16-9-21(28)31-12-16)5-7-25(8-6-24)11-20(27)17-3-4-18-19(15(17)2)13-32-22(18)29;1-9-7-13(2-4-14-5-3-13)12(17)15(9)10-6-11(16)18-8-10/h3-4,9,14,20,27H,5-8,10-13H2,1-2H3;6,9,14H,2-5,7-8H2,1H3/t14?,20-;/m0./s1. The van der Waals surface area contributed by atoms with Gasteiger partial charge in [-0.25, -0.2) is 14.4 Å². The van der Waals surface area contributed by atoms with E-state index < -0.39 is 11.5 Å². The first kappa shape index (κ1) is 34.4. The Hall–Kier alpha value is -4.07. The molecule has 2 spiro atoms. The van der Waals surface area contributed by atoms with Gasteiger partial charge in [0.15, 0.2) is 0 Å². The zero-order valence-corrected chi connectivity index (χ0v) is 29.0. The van der Waals surface area contributed by atoms with Crippen LogP contribution in [0.2, 0.25) is 0 Å². The smallest absolute Gasteiger partial charge is 0.338 e.